The van der Waals surface area contributed by atoms with E-state index in [9.17, 15) is 14.4 Å². The zero-order valence-corrected chi connectivity index (χ0v) is 15.3. The van der Waals surface area contributed by atoms with Crippen molar-refractivity contribution in [1.29, 1.82) is 0 Å². The number of urea groups is 1. The molecule has 0 unspecified atom stereocenters. The average molecular weight is 361 g/mol. The molecule has 0 saturated heterocycles. The maximum absolute atomic E-state index is 12.6. The number of carbonyl (C=O) groups excluding carboxylic acids is 2. The number of amides is 3. The SMILES string of the molecule is CCN(CC)C(=O)c1ccccc1NC(=O)NC1CCC(C(=O)O)CC1. The molecule has 7 nitrogen and oxygen atoms in total. The number of benzene rings is 1. The van der Waals surface area contributed by atoms with Crippen LogP contribution in [0.15, 0.2) is 24.3 Å². The molecule has 1 saturated carbocycles. The second-order valence-corrected chi connectivity index (χ2v) is 6.51. The molecule has 0 heterocycles. The molecule has 0 bridgehead atoms. The Bertz CT molecular complexity index is 650. The summed E-state index contributed by atoms with van der Waals surface area (Å²) in [5.74, 6) is -1.20. The fourth-order valence-electron chi connectivity index (χ4n) is 3.29. The number of carbonyl (C=O) groups is 3. The molecular weight excluding hydrogens is 334 g/mol. The molecule has 3 amide bonds. The Morgan fingerprint density at radius 3 is 2.27 bits per heavy atom. The largest absolute Gasteiger partial charge is 0.481 e. The van der Waals surface area contributed by atoms with Crippen molar-refractivity contribution >= 4 is 23.6 Å². The first kappa shape index (κ1) is 19.8. The number of carboxylic acid groups (broad SMARTS) is 1. The van der Waals surface area contributed by atoms with Crippen molar-refractivity contribution in [2.75, 3.05) is 18.4 Å². The van der Waals surface area contributed by atoms with E-state index in [4.69, 9.17) is 5.11 Å². The highest BCUT2D eigenvalue weighted by Crippen LogP contribution is 2.24. The Morgan fingerprint density at radius 1 is 1.08 bits per heavy atom. The lowest BCUT2D eigenvalue weighted by Crippen LogP contribution is -2.41. The van der Waals surface area contributed by atoms with Gasteiger partial charge in [0.05, 0.1) is 17.2 Å². The smallest absolute Gasteiger partial charge is 0.319 e. The van der Waals surface area contributed by atoms with Crippen LogP contribution in [0.4, 0.5) is 10.5 Å². The fraction of sp³-hybridized carbons (Fsp3) is 0.526. The van der Waals surface area contributed by atoms with Crippen molar-refractivity contribution in [2.45, 2.75) is 45.6 Å². The molecule has 0 aromatic heterocycles. The maximum Gasteiger partial charge on any atom is 0.319 e. The molecule has 0 spiro atoms. The van der Waals surface area contributed by atoms with Gasteiger partial charge in [0.15, 0.2) is 0 Å². The van der Waals surface area contributed by atoms with E-state index in [0.717, 1.165) is 0 Å². The lowest BCUT2D eigenvalue weighted by atomic mass is 9.86. The summed E-state index contributed by atoms with van der Waals surface area (Å²) in [6.45, 7) is 5.03. The minimum absolute atomic E-state index is 0.0451. The van der Waals surface area contributed by atoms with E-state index in [1.54, 1.807) is 29.2 Å². The van der Waals surface area contributed by atoms with Gasteiger partial charge in [0.2, 0.25) is 0 Å². The van der Waals surface area contributed by atoms with Gasteiger partial charge in [-0.25, -0.2) is 4.79 Å². The van der Waals surface area contributed by atoms with Crippen molar-refractivity contribution in [1.82, 2.24) is 10.2 Å². The Hall–Kier alpha value is -2.57. The first-order valence-electron chi connectivity index (χ1n) is 9.14. The Morgan fingerprint density at radius 2 is 1.69 bits per heavy atom. The van der Waals surface area contributed by atoms with Crippen molar-refractivity contribution in [2.24, 2.45) is 5.92 Å². The highest BCUT2D eigenvalue weighted by Gasteiger charge is 2.27. The zero-order chi connectivity index (χ0) is 19.1. The molecule has 2 rings (SSSR count). The van der Waals surface area contributed by atoms with Crippen LogP contribution in [-0.4, -0.2) is 47.0 Å². The van der Waals surface area contributed by atoms with Crippen molar-refractivity contribution in [3.63, 3.8) is 0 Å². The van der Waals surface area contributed by atoms with Gasteiger partial charge in [-0.1, -0.05) is 12.1 Å². The second-order valence-electron chi connectivity index (χ2n) is 6.51. The summed E-state index contributed by atoms with van der Waals surface area (Å²) < 4.78 is 0. The Labute approximate surface area is 153 Å². The maximum atomic E-state index is 12.6. The zero-order valence-electron chi connectivity index (χ0n) is 15.3. The number of rotatable bonds is 6. The number of para-hydroxylation sites is 1. The van der Waals surface area contributed by atoms with E-state index in [0.29, 0.717) is 50.0 Å². The minimum Gasteiger partial charge on any atom is -0.481 e. The second kappa shape index (κ2) is 9.22. The van der Waals surface area contributed by atoms with E-state index < -0.39 is 5.97 Å². The quantitative estimate of drug-likeness (QED) is 0.725. The molecule has 1 aliphatic rings. The van der Waals surface area contributed by atoms with Crippen LogP contribution in [0, 0.1) is 5.92 Å². The highest BCUT2D eigenvalue weighted by molar-refractivity contribution is 6.03. The van der Waals surface area contributed by atoms with Crippen molar-refractivity contribution in [3.8, 4) is 0 Å². The average Bonchev–Trinajstić information content (AvgIpc) is 2.63. The van der Waals surface area contributed by atoms with Crippen LogP contribution < -0.4 is 10.6 Å². The minimum atomic E-state index is -0.767. The van der Waals surface area contributed by atoms with Gasteiger partial charge in [0.25, 0.3) is 5.91 Å². The molecule has 1 fully saturated rings. The van der Waals surface area contributed by atoms with Gasteiger partial charge in [0, 0.05) is 19.1 Å². The van der Waals surface area contributed by atoms with Gasteiger partial charge in [-0.15, -0.1) is 0 Å². The van der Waals surface area contributed by atoms with E-state index in [-0.39, 0.29) is 23.9 Å². The molecule has 1 aromatic carbocycles. The third-order valence-corrected chi connectivity index (χ3v) is 4.87. The molecule has 3 N–H and O–H groups in total. The van der Waals surface area contributed by atoms with E-state index in [1.165, 1.54) is 0 Å². The number of aliphatic carboxylic acids is 1. The number of hydrogen-bond donors (Lipinski definition) is 3. The number of hydrogen-bond acceptors (Lipinski definition) is 3. The first-order valence-corrected chi connectivity index (χ1v) is 9.14. The predicted octanol–water partition coefficient (Wildman–Crippen LogP) is 2.93. The van der Waals surface area contributed by atoms with Crippen LogP contribution in [0.1, 0.15) is 49.9 Å². The molecule has 26 heavy (non-hydrogen) atoms. The fourth-order valence-corrected chi connectivity index (χ4v) is 3.29. The lowest BCUT2D eigenvalue weighted by Gasteiger charge is -2.27. The van der Waals surface area contributed by atoms with Crippen LogP contribution in [-0.2, 0) is 4.79 Å². The molecule has 1 aliphatic carbocycles. The number of anilines is 1. The van der Waals surface area contributed by atoms with Gasteiger partial charge in [-0.3, -0.25) is 9.59 Å². The van der Waals surface area contributed by atoms with Gasteiger partial charge in [-0.05, 0) is 51.7 Å². The number of nitrogens with zero attached hydrogens (tertiary/aromatic N) is 1. The standard InChI is InChI=1S/C19H27N3O4/c1-3-22(4-2)17(23)15-7-5-6-8-16(15)21-19(26)20-14-11-9-13(10-12-14)18(24)25/h5-8,13-14H,3-4,9-12H2,1-2H3,(H,24,25)(H2,20,21,26). The van der Waals surface area contributed by atoms with Gasteiger partial charge < -0.3 is 20.6 Å². The van der Waals surface area contributed by atoms with Crippen LogP contribution in [0.5, 0.6) is 0 Å². The summed E-state index contributed by atoms with van der Waals surface area (Å²) in [5.41, 5.74) is 0.932. The third-order valence-electron chi connectivity index (χ3n) is 4.87. The summed E-state index contributed by atoms with van der Waals surface area (Å²) in [7, 11) is 0. The molecule has 142 valence electrons. The molecule has 0 radical (unpaired) electrons. The summed E-state index contributed by atoms with van der Waals surface area (Å²) in [6.07, 6.45) is 2.42. The van der Waals surface area contributed by atoms with Crippen LogP contribution >= 0.6 is 0 Å². The van der Waals surface area contributed by atoms with E-state index >= 15 is 0 Å². The topological polar surface area (TPSA) is 98.7 Å². The number of carboxylic acids is 1. The summed E-state index contributed by atoms with van der Waals surface area (Å²) in [5, 5.41) is 14.7. The van der Waals surface area contributed by atoms with Gasteiger partial charge in [0.1, 0.15) is 0 Å². The molecule has 7 heteroatoms. The van der Waals surface area contributed by atoms with E-state index in [1.807, 2.05) is 13.8 Å². The number of nitrogens with one attached hydrogen (secondary N) is 2. The Balaban J connectivity index is 1.97. The monoisotopic (exact) mass is 361 g/mol. The summed E-state index contributed by atoms with van der Waals surface area (Å²) in [6, 6.07) is 6.53. The molecule has 1 aromatic rings. The van der Waals surface area contributed by atoms with Crippen LogP contribution in [0.2, 0.25) is 0 Å². The Kier molecular flexibility index (Phi) is 7.00. The predicted molar refractivity (Wildman–Crippen MR) is 99.2 cm³/mol. The van der Waals surface area contributed by atoms with Gasteiger partial charge in [-0.2, -0.15) is 0 Å². The first-order chi connectivity index (χ1) is 12.5. The van der Waals surface area contributed by atoms with Crippen molar-refractivity contribution in [3.05, 3.63) is 29.8 Å². The molecule has 0 aliphatic heterocycles. The highest BCUT2D eigenvalue weighted by atomic mass is 16.4. The van der Waals surface area contributed by atoms with Crippen LogP contribution in [0.25, 0.3) is 0 Å². The van der Waals surface area contributed by atoms with Gasteiger partial charge >= 0.3 is 12.0 Å². The third kappa shape index (κ3) is 4.97. The van der Waals surface area contributed by atoms with Crippen molar-refractivity contribution < 1.29 is 19.5 Å². The van der Waals surface area contributed by atoms with E-state index in [2.05, 4.69) is 10.6 Å². The normalized spacial score (nSPS) is 19.5. The lowest BCUT2D eigenvalue weighted by molar-refractivity contribution is -0.142. The summed E-state index contributed by atoms with van der Waals surface area (Å²) >= 11 is 0. The molecular formula is C19H27N3O4. The summed E-state index contributed by atoms with van der Waals surface area (Å²) in [4.78, 5) is 37.6. The molecule has 0 atom stereocenters. The van der Waals surface area contributed by atoms with Crippen LogP contribution in [0.3, 0.4) is 0 Å².